The fourth-order valence-electron chi connectivity index (χ4n) is 2.77. The van der Waals surface area contributed by atoms with Gasteiger partial charge in [0.25, 0.3) is 0 Å². The third-order valence-electron chi connectivity index (χ3n) is 4.05. The van der Waals surface area contributed by atoms with Crippen LogP contribution in [0.25, 0.3) is 0 Å². The molecule has 0 saturated heterocycles. The predicted molar refractivity (Wildman–Crippen MR) is 78.9 cm³/mol. The van der Waals surface area contributed by atoms with Gasteiger partial charge in [-0.15, -0.1) is 0 Å². The lowest BCUT2D eigenvalue weighted by atomic mass is 9.76. The molecule has 1 aromatic rings. The molecule has 1 aliphatic carbocycles. The van der Waals surface area contributed by atoms with Crippen molar-refractivity contribution in [2.24, 2.45) is 5.92 Å². The molecule has 0 bridgehead atoms. The first kappa shape index (κ1) is 13.6. The smallest absolute Gasteiger partial charge is 0.00787 e. The topological polar surface area (TPSA) is 12.0 Å². The summed E-state index contributed by atoms with van der Waals surface area (Å²) in [5, 5.41) is 3.69. The van der Waals surface area contributed by atoms with Crippen molar-refractivity contribution in [2.75, 3.05) is 6.54 Å². The first-order chi connectivity index (χ1) is 8.75. The minimum Gasteiger partial charge on any atom is -0.314 e. The summed E-state index contributed by atoms with van der Waals surface area (Å²) in [7, 11) is 0. The van der Waals surface area contributed by atoms with E-state index in [0.29, 0.717) is 0 Å². The molecule has 18 heavy (non-hydrogen) atoms. The highest BCUT2D eigenvalue weighted by molar-refractivity contribution is 5.22. The average molecular weight is 245 g/mol. The summed E-state index contributed by atoms with van der Waals surface area (Å²) in [5.41, 5.74) is 1.52. The standard InChI is InChI=1S/C17H27N/c1-14(2)8-6-7-11-18-17-12-16(13-17)15-9-4-3-5-10-15/h3-5,9-10,14,16-18H,6-8,11-13H2,1-2H3. The van der Waals surface area contributed by atoms with Crippen LogP contribution in [0, 0.1) is 5.92 Å². The fourth-order valence-corrected chi connectivity index (χ4v) is 2.77. The Labute approximate surface area is 112 Å². The zero-order valence-corrected chi connectivity index (χ0v) is 11.9. The lowest BCUT2D eigenvalue weighted by molar-refractivity contribution is 0.289. The van der Waals surface area contributed by atoms with E-state index in [4.69, 9.17) is 0 Å². The highest BCUT2D eigenvalue weighted by Crippen LogP contribution is 2.36. The molecular weight excluding hydrogens is 218 g/mol. The summed E-state index contributed by atoms with van der Waals surface area (Å²) >= 11 is 0. The summed E-state index contributed by atoms with van der Waals surface area (Å²) in [5.74, 6) is 1.66. The summed E-state index contributed by atoms with van der Waals surface area (Å²) in [6.07, 6.45) is 6.74. The minimum atomic E-state index is 0.772. The lowest BCUT2D eigenvalue weighted by Crippen LogP contribution is -2.40. The monoisotopic (exact) mass is 245 g/mol. The van der Waals surface area contributed by atoms with Crippen LogP contribution in [0.5, 0.6) is 0 Å². The van der Waals surface area contributed by atoms with Crippen molar-refractivity contribution >= 4 is 0 Å². The molecule has 0 unspecified atom stereocenters. The van der Waals surface area contributed by atoms with E-state index < -0.39 is 0 Å². The van der Waals surface area contributed by atoms with Gasteiger partial charge >= 0.3 is 0 Å². The summed E-state index contributed by atoms with van der Waals surface area (Å²) in [6.45, 7) is 5.83. The Morgan fingerprint density at radius 2 is 1.83 bits per heavy atom. The van der Waals surface area contributed by atoms with Gasteiger partial charge in [-0.1, -0.05) is 57.0 Å². The first-order valence-corrected chi connectivity index (χ1v) is 7.54. The molecule has 1 N–H and O–H groups in total. The van der Waals surface area contributed by atoms with Crippen LogP contribution in [0.4, 0.5) is 0 Å². The van der Waals surface area contributed by atoms with Gasteiger partial charge in [0.15, 0.2) is 0 Å². The van der Waals surface area contributed by atoms with Gasteiger partial charge in [0, 0.05) is 6.04 Å². The van der Waals surface area contributed by atoms with Crippen LogP contribution in [0.2, 0.25) is 0 Å². The zero-order valence-electron chi connectivity index (χ0n) is 11.9. The average Bonchev–Trinajstić information content (AvgIpc) is 2.32. The van der Waals surface area contributed by atoms with Crippen LogP contribution in [0.15, 0.2) is 30.3 Å². The Morgan fingerprint density at radius 3 is 2.50 bits per heavy atom. The second-order valence-electron chi connectivity index (χ2n) is 6.12. The van der Waals surface area contributed by atoms with Crippen molar-refractivity contribution in [1.29, 1.82) is 0 Å². The molecule has 0 spiro atoms. The molecule has 0 heterocycles. The van der Waals surface area contributed by atoms with Gasteiger partial charge in [-0.05, 0) is 43.2 Å². The molecule has 1 aromatic carbocycles. The minimum absolute atomic E-state index is 0.772. The highest BCUT2D eigenvalue weighted by Gasteiger charge is 2.29. The second-order valence-corrected chi connectivity index (χ2v) is 6.12. The Hall–Kier alpha value is -0.820. The fraction of sp³-hybridized carbons (Fsp3) is 0.647. The van der Waals surface area contributed by atoms with Crippen molar-refractivity contribution in [2.45, 2.75) is 57.9 Å². The van der Waals surface area contributed by atoms with E-state index in [0.717, 1.165) is 17.9 Å². The maximum Gasteiger partial charge on any atom is 0.00787 e. The van der Waals surface area contributed by atoms with Crippen molar-refractivity contribution in [1.82, 2.24) is 5.32 Å². The molecule has 0 radical (unpaired) electrons. The van der Waals surface area contributed by atoms with E-state index in [1.54, 1.807) is 0 Å². The maximum atomic E-state index is 3.69. The number of hydrogen-bond donors (Lipinski definition) is 1. The van der Waals surface area contributed by atoms with Crippen molar-refractivity contribution in [3.63, 3.8) is 0 Å². The van der Waals surface area contributed by atoms with Crippen LogP contribution < -0.4 is 5.32 Å². The lowest BCUT2D eigenvalue weighted by Gasteiger charge is -2.36. The van der Waals surface area contributed by atoms with E-state index >= 15 is 0 Å². The molecule has 0 atom stereocenters. The molecule has 1 heteroatoms. The Morgan fingerprint density at radius 1 is 1.11 bits per heavy atom. The molecule has 0 aromatic heterocycles. The molecule has 0 amide bonds. The molecular formula is C17H27N. The van der Waals surface area contributed by atoms with Crippen LogP contribution >= 0.6 is 0 Å². The Balaban J connectivity index is 1.54. The summed E-state index contributed by atoms with van der Waals surface area (Å²) in [4.78, 5) is 0. The van der Waals surface area contributed by atoms with Crippen LogP contribution in [-0.2, 0) is 0 Å². The van der Waals surface area contributed by atoms with E-state index in [-0.39, 0.29) is 0 Å². The SMILES string of the molecule is CC(C)CCCCNC1CC(c2ccccc2)C1. The quantitative estimate of drug-likeness (QED) is 0.704. The maximum absolute atomic E-state index is 3.69. The largest absolute Gasteiger partial charge is 0.314 e. The van der Waals surface area contributed by atoms with E-state index in [9.17, 15) is 0 Å². The van der Waals surface area contributed by atoms with Crippen molar-refractivity contribution < 1.29 is 0 Å². The molecule has 1 nitrogen and oxygen atoms in total. The van der Waals surface area contributed by atoms with Gasteiger partial charge in [-0.2, -0.15) is 0 Å². The molecule has 1 aliphatic rings. The molecule has 0 aliphatic heterocycles. The third-order valence-corrected chi connectivity index (χ3v) is 4.05. The summed E-state index contributed by atoms with van der Waals surface area (Å²) in [6, 6.07) is 11.7. The van der Waals surface area contributed by atoms with Crippen LogP contribution in [-0.4, -0.2) is 12.6 Å². The molecule has 100 valence electrons. The number of hydrogen-bond acceptors (Lipinski definition) is 1. The second kappa shape index (κ2) is 6.94. The molecule has 1 saturated carbocycles. The van der Waals surface area contributed by atoms with Crippen LogP contribution in [0.3, 0.4) is 0 Å². The third kappa shape index (κ3) is 4.13. The van der Waals surface area contributed by atoms with E-state index in [1.807, 2.05) is 0 Å². The van der Waals surface area contributed by atoms with Gasteiger partial charge < -0.3 is 5.32 Å². The Kier molecular flexibility index (Phi) is 5.25. The van der Waals surface area contributed by atoms with Gasteiger partial charge in [-0.3, -0.25) is 0 Å². The van der Waals surface area contributed by atoms with E-state index in [1.165, 1.54) is 44.2 Å². The Bertz CT molecular complexity index is 325. The van der Waals surface area contributed by atoms with Crippen molar-refractivity contribution in [3.05, 3.63) is 35.9 Å². The first-order valence-electron chi connectivity index (χ1n) is 7.54. The number of unbranched alkanes of at least 4 members (excludes halogenated alkanes) is 1. The zero-order chi connectivity index (χ0) is 12.8. The van der Waals surface area contributed by atoms with Crippen molar-refractivity contribution in [3.8, 4) is 0 Å². The summed E-state index contributed by atoms with van der Waals surface area (Å²) < 4.78 is 0. The normalized spacial score (nSPS) is 23.1. The molecule has 2 rings (SSSR count). The van der Waals surface area contributed by atoms with Gasteiger partial charge in [-0.25, -0.2) is 0 Å². The highest BCUT2D eigenvalue weighted by atomic mass is 14.9. The number of benzene rings is 1. The number of rotatable bonds is 7. The predicted octanol–water partition coefficient (Wildman–Crippen LogP) is 4.35. The van der Waals surface area contributed by atoms with Gasteiger partial charge in [0.2, 0.25) is 0 Å². The van der Waals surface area contributed by atoms with Gasteiger partial charge in [0.1, 0.15) is 0 Å². The molecule has 1 fully saturated rings. The van der Waals surface area contributed by atoms with Crippen LogP contribution in [0.1, 0.15) is 57.4 Å². The van der Waals surface area contributed by atoms with Gasteiger partial charge in [0.05, 0.1) is 0 Å². The van der Waals surface area contributed by atoms with E-state index in [2.05, 4.69) is 49.5 Å². The number of nitrogens with one attached hydrogen (secondary N) is 1.